The van der Waals surface area contributed by atoms with Crippen LogP contribution in [-0.4, -0.2) is 44.7 Å². The molecule has 1 aliphatic heterocycles. The summed E-state index contributed by atoms with van der Waals surface area (Å²) >= 11 is 4.71. The summed E-state index contributed by atoms with van der Waals surface area (Å²) in [6.45, 7) is 0. The van der Waals surface area contributed by atoms with Gasteiger partial charge in [0.25, 0.3) is 11.8 Å². The maximum absolute atomic E-state index is 10.8. The lowest BCUT2D eigenvalue weighted by Crippen LogP contribution is -2.33. The number of carbonyl (C=O) groups is 3. The molecule has 1 fully saturated rings. The normalized spacial score (nSPS) is 28.1. The van der Waals surface area contributed by atoms with Crippen molar-refractivity contribution in [2.75, 3.05) is 0 Å². The lowest BCUT2D eigenvalue weighted by atomic mass is 10.2. The number of imide groups is 1. The van der Waals surface area contributed by atoms with Gasteiger partial charge in [-0.05, 0) is 0 Å². The molecule has 8 heteroatoms. The summed E-state index contributed by atoms with van der Waals surface area (Å²) in [5.74, 6) is -2.46. The predicted octanol–water partition coefficient (Wildman–Crippen LogP) is -1.63. The van der Waals surface area contributed by atoms with Gasteiger partial charge in [0.15, 0.2) is 12.2 Å². The van der Waals surface area contributed by atoms with Crippen LogP contribution >= 0.6 is 11.6 Å². The van der Waals surface area contributed by atoms with Gasteiger partial charge in [-0.1, -0.05) is 5.06 Å². The zero-order valence-corrected chi connectivity index (χ0v) is 6.76. The van der Waals surface area contributed by atoms with Crippen molar-refractivity contribution in [3.63, 3.8) is 0 Å². The number of aliphatic hydroxyl groups is 2. The van der Waals surface area contributed by atoms with E-state index >= 15 is 0 Å². The summed E-state index contributed by atoms with van der Waals surface area (Å²) in [7, 11) is 0. The van der Waals surface area contributed by atoms with Gasteiger partial charge in [0.1, 0.15) is 0 Å². The lowest BCUT2D eigenvalue weighted by Gasteiger charge is -2.08. The molecule has 0 aromatic carbocycles. The van der Waals surface area contributed by atoms with Crippen molar-refractivity contribution in [2.24, 2.45) is 0 Å². The fraction of sp³-hybridized carbons (Fsp3) is 0.400. The Labute approximate surface area is 76.4 Å². The average molecular weight is 210 g/mol. The van der Waals surface area contributed by atoms with Crippen molar-refractivity contribution >= 4 is 28.8 Å². The van der Waals surface area contributed by atoms with Gasteiger partial charge in [0.05, 0.1) is 0 Å². The van der Waals surface area contributed by atoms with Crippen LogP contribution in [0.15, 0.2) is 0 Å². The van der Waals surface area contributed by atoms with Gasteiger partial charge in [-0.3, -0.25) is 9.59 Å². The van der Waals surface area contributed by atoms with Crippen molar-refractivity contribution in [2.45, 2.75) is 12.2 Å². The maximum atomic E-state index is 10.8. The molecule has 0 spiro atoms. The molecule has 2 unspecified atom stereocenters. The second kappa shape index (κ2) is 3.29. The molecule has 1 aliphatic rings. The largest absolute Gasteiger partial charge is 0.428 e. The number of amides is 2. The minimum atomic E-state index is -1.91. The Kier molecular flexibility index (Phi) is 2.50. The van der Waals surface area contributed by atoms with Gasteiger partial charge in [-0.15, -0.1) is 0 Å². The molecule has 7 nitrogen and oxygen atoms in total. The number of hydrogen-bond acceptors (Lipinski definition) is 6. The third kappa shape index (κ3) is 1.62. The summed E-state index contributed by atoms with van der Waals surface area (Å²) < 4.78 is 0. The summed E-state index contributed by atoms with van der Waals surface area (Å²) in [6, 6.07) is 0. The number of carbonyl (C=O) groups excluding carboxylic acids is 3. The van der Waals surface area contributed by atoms with Gasteiger partial charge in [-0.2, -0.15) is 0 Å². The summed E-state index contributed by atoms with van der Waals surface area (Å²) in [5.41, 5.74) is -1.41. The molecule has 1 saturated heterocycles. The van der Waals surface area contributed by atoms with E-state index in [1.807, 2.05) is 0 Å². The van der Waals surface area contributed by atoms with Crippen molar-refractivity contribution < 1.29 is 29.4 Å². The molecule has 2 N–H and O–H groups in total. The predicted molar refractivity (Wildman–Crippen MR) is 36.2 cm³/mol. The first-order valence-corrected chi connectivity index (χ1v) is 3.44. The highest BCUT2D eigenvalue weighted by atomic mass is 35.5. The summed E-state index contributed by atoms with van der Waals surface area (Å²) in [6.07, 6.45) is -3.83. The van der Waals surface area contributed by atoms with Gasteiger partial charge < -0.3 is 15.1 Å². The van der Waals surface area contributed by atoms with Crippen LogP contribution in [0.25, 0.3) is 0 Å². The topological polar surface area (TPSA) is 104 Å². The highest BCUT2D eigenvalue weighted by molar-refractivity contribution is 6.61. The Morgan fingerprint density at radius 1 is 1.31 bits per heavy atom. The Hall–Kier alpha value is -1.18. The molecule has 0 radical (unpaired) electrons. The van der Waals surface area contributed by atoms with E-state index in [1.54, 1.807) is 0 Å². The Bertz CT molecular complexity index is 258. The van der Waals surface area contributed by atoms with Crippen LogP contribution in [0.2, 0.25) is 0 Å². The van der Waals surface area contributed by atoms with Crippen LogP contribution in [0.5, 0.6) is 0 Å². The molecule has 1 rings (SSSR count). The SMILES string of the molecule is O=C(Cl)ON1C(=O)C(O)C(O)C1=O. The maximum Gasteiger partial charge on any atom is 0.428 e. The van der Waals surface area contributed by atoms with Gasteiger partial charge >= 0.3 is 5.43 Å². The third-order valence-corrected chi connectivity index (χ3v) is 1.44. The Morgan fingerprint density at radius 3 is 2.00 bits per heavy atom. The van der Waals surface area contributed by atoms with E-state index in [2.05, 4.69) is 4.84 Å². The standard InChI is InChI=1S/C5H4ClNO6/c6-5(12)13-7-3(10)1(8)2(9)4(7)11/h1-2,8-9H. The van der Waals surface area contributed by atoms with E-state index in [-0.39, 0.29) is 5.06 Å². The summed E-state index contributed by atoms with van der Waals surface area (Å²) in [5, 5.41) is 17.6. The highest BCUT2D eigenvalue weighted by Crippen LogP contribution is 2.14. The van der Waals surface area contributed by atoms with E-state index in [1.165, 1.54) is 0 Å². The lowest BCUT2D eigenvalue weighted by molar-refractivity contribution is -0.172. The first-order chi connectivity index (χ1) is 5.95. The Morgan fingerprint density at radius 2 is 1.69 bits per heavy atom. The smallest absolute Gasteiger partial charge is 0.380 e. The van der Waals surface area contributed by atoms with Crippen LogP contribution in [0.1, 0.15) is 0 Å². The van der Waals surface area contributed by atoms with Crippen molar-refractivity contribution in [1.29, 1.82) is 0 Å². The number of nitrogens with zero attached hydrogens (tertiary/aromatic N) is 1. The molecule has 0 aliphatic carbocycles. The molecule has 0 bridgehead atoms. The Balaban J connectivity index is 2.81. The summed E-state index contributed by atoms with van der Waals surface area (Å²) in [4.78, 5) is 35.7. The number of rotatable bonds is 1. The molecule has 2 atom stereocenters. The van der Waals surface area contributed by atoms with E-state index in [4.69, 9.17) is 21.8 Å². The van der Waals surface area contributed by atoms with Crippen molar-refractivity contribution in [1.82, 2.24) is 5.06 Å². The van der Waals surface area contributed by atoms with Crippen LogP contribution in [0, 0.1) is 0 Å². The van der Waals surface area contributed by atoms with Crippen molar-refractivity contribution in [3.8, 4) is 0 Å². The molecule has 1 heterocycles. The number of aliphatic hydroxyl groups excluding tert-OH is 2. The molecule has 0 aromatic heterocycles. The van der Waals surface area contributed by atoms with E-state index < -0.39 is 29.5 Å². The number of hydrogen-bond donors (Lipinski definition) is 2. The van der Waals surface area contributed by atoms with E-state index in [9.17, 15) is 14.4 Å². The molecule has 0 saturated carbocycles. The third-order valence-electron chi connectivity index (χ3n) is 1.37. The minimum absolute atomic E-state index is 0.0787. The molecule has 2 amide bonds. The zero-order chi connectivity index (χ0) is 10.2. The molecular weight excluding hydrogens is 206 g/mol. The number of hydroxylamine groups is 2. The quantitative estimate of drug-likeness (QED) is 0.397. The molecule has 0 aromatic rings. The zero-order valence-electron chi connectivity index (χ0n) is 6.01. The van der Waals surface area contributed by atoms with Crippen LogP contribution < -0.4 is 0 Å². The van der Waals surface area contributed by atoms with Gasteiger partial charge in [0.2, 0.25) is 0 Å². The van der Waals surface area contributed by atoms with Crippen LogP contribution in [0.3, 0.4) is 0 Å². The van der Waals surface area contributed by atoms with Crippen molar-refractivity contribution in [3.05, 3.63) is 0 Å². The van der Waals surface area contributed by atoms with Crippen LogP contribution in [-0.2, 0) is 14.4 Å². The monoisotopic (exact) mass is 209 g/mol. The first kappa shape index (κ1) is 9.90. The van der Waals surface area contributed by atoms with Crippen LogP contribution in [0.4, 0.5) is 4.79 Å². The molecular formula is C5H4ClNO6. The number of halogens is 1. The van der Waals surface area contributed by atoms with E-state index in [0.29, 0.717) is 0 Å². The van der Waals surface area contributed by atoms with Gasteiger partial charge in [0, 0.05) is 11.6 Å². The highest BCUT2D eigenvalue weighted by Gasteiger charge is 2.48. The fourth-order valence-electron chi connectivity index (χ4n) is 0.781. The second-order valence-electron chi connectivity index (χ2n) is 2.19. The van der Waals surface area contributed by atoms with E-state index in [0.717, 1.165) is 0 Å². The molecule has 13 heavy (non-hydrogen) atoms. The fourth-order valence-corrected chi connectivity index (χ4v) is 0.850. The first-order valence-electron chi connectivity index (χ1n) is 3.06. The molecule has 72 valence electrons. The second-order valence-corrected chi connectivity index (χ2v) is 2.50. The minimum Gasteiger partial charge on any atom is -0.380 e. The van der Waals surface area contributed by atoms with Gasteiger partial charge in [-0.25, -0.2) is 4.79 Å². The average Bonchev–Trinajstić information content (AvgIpc) is 2.22.